The maximum Gasteiger partial charge on any atom is 0.416 e. The first-order chi connectivity index (χ1) is 11.0. The van der Waals surface area contributed by atoms with Crippen molar-refractivity contribution in [2.45, 2.75) is 19.0 Å². The standard InChI is InChI=1S/C14H18F3N3O3S/c1-24(22,23)20-11-5-4-10(14(15,16)17)6-12(11)19-13(21)8-18-7-9-2-3-9/h4-6,9,18,20H,2-3,7-8H2,1H3,(H,19,21). The summed E-state index contributed by atoms with van der Waals surface area (Å²) >= 11 is 0. The van der Waals surface area contributed by atoms with Gasteiger partial charge in [0.05, 0.1) is 29.7 Å². The van der Waals surface area contributed by atoms with Crippen molar-refractivity contribution in [1.29, 1.82) is 0 Å². The van der Waals surface area contributed by atoms with Gasteiger partial charge in [0.25, 0.3) is 0 Å². The zero-order chi connectivity index (χ0) is 18.0. The molecule has 2 rings (SSSR count). The molecule has 6 nitrogen and oxygen atoms in total. The number of halogens is 3. The Labute approximate surface area is 137 Å². The fraction of sp³-hybridized carbons (Fsp3) is 0.500. The van der Waals surface area contributed by atoms with Gasteiger partial charge in [0, 0.05) is 0 Å². The van der Waals surface area contributed by atoms with Crippen LogP contribution in [0.25, 0.3) is 0 Å². The Balaban J connectivity index is 2.14. The number of carbonyl (C=O) groups excluding carboxylic acids is 1. The number of rotatable bonds is 7. The fourth-order valence-electron chi connectivity index (χ4n) is 2.02. The monoisotopic (exact) mass is 365 g/mol. The minimum atomic E-state index is -4.60. The van der Waals surface area contributed by atoms with Gasteiger partial charge in [0.1, 0.15) is 0 Å². The lowest BCUT2D eigenvalue weighted by Crippen LogP contribution is -2.30. The van der Waals surface area contributed by atoms with Crippen LogP contribution < -0.4 is 15.4 Å². The van der Waals surface area contributed by atoms with Gasteiger partial charge in [-0.1, -0.05) is 0 Å². The van der Waals surface area contributed by atoms with Gasteiger partial charge < -0.3 is 10.6 Å². The molecule has 0 aliphatic heterocycles. The zero-order valence-corrected chi connectivity index (χ0v) is 13.7. The van der Waals surface area contributed by atoms with E-state index in [2.05, 4.69) is 15.4 Å². The third-order valence-electron chi connectivity index (χ3n) is 3.33. The minimum absolute atomic E-state index is 0.0644. The first-order valence-electron chi connectivity index (χ1n) is 7.24. The molecule has 1 saturated carbocycles. The molecule has 134 valence electrons. The fourth-order valence-corrected chi connectivity index (χ4v) is 2.60. The van der Waals surface area contributed by atoms with Crippen LogP contribution in [0.2, 0.25) is 0 Å². The number of sulfonamides is 1. The highest BCUT2D eigenvalue weighted by molar-refractivity contribution is 7.92. The Bertz CT molecular complexity index is 716. The highest BCUT2D eigenvalue weighted by atomic mass is 32.2. The summed E-state index contributed by atoms with van der Waals surface area (Å²) in [6.07, 6.45) is -1.53. The lowest BCUT2D eigenvalue weighted by Gasteiger charge is -2.15. The number of hydrogen-bond donors (Lipinski definition) is 3. The van der Waals surface area contributed by atoms with E-state index < -0.39 is 27.7 Å². The molecule has 1 aromatic carbocycles. The summed E-state index contributed by atoms with van der Waals surface area (Å²) in [6.45, 7) is 0.607. The molecule has 1 aromatic rings. The van der Waals surface area contributed by atoms with Crippen LogP contribution in [0.5, 0.6) is 0 Å². The van der Waals surface area contributed by atoms with Crippen LogP contribution in [0.4, 0.5) is 24.5 Å². The molecular weight excluding hydrogens is 347 g/mol. The molecule has 0 saturated heterocycles. The molecule has 0 aromatic heterocycles. The van der Waals surface area contributed by atoms with Crippen LogP contribution in [0.15, 0.2) is 18.2 Å². The number of hydrogen-bond acceptors (Lipinski definition) is 4. The van der Waals surface area contributed by atoms with Crippen LogP contribution in [0, 0.1) is 5.92 Å². The van der Waals surface area contributed by atoms with Gasteiger partial charge >= 0.3 is 6.18 Å². The van der Waals surface area contributed by atoms with Gasteiger partial charge in [-0.25, -0.2) is 8.42 Å². The predicted molar refractivity (Wildman–Crippen MR) is 84.1 cm³/mol. The van der Waals surface area contributed by atoms with Crippen molar-refractivity contribution in [2.75, 3.05) is 29.4 Å². The largest absolute Gasteiger partial charge is 0.416 e. The normalized spacial score (nSPS) is 15.2. The Morgan fingerprint density at radius 3 is 2.46 bits per heavy atom. The predicted octanol–water partition coefficient (Wildman–Crippen LogP) is 2.01. The summed E-state index contributed by atoms with van der Waals surface area (Å²) in [6, 6.07) is 2.41. The molecule has 0 atom stereocenters. The van der Waals surface area contributed by atoms with Gasteiger partial charge in [0.2, 0.25) is 15.9 Å². The molecule has 10 heteroatoms. The molecular formula is C14H18F3N3O3S. The number of carbonyl (C=O) groups is 1. The highest BCUT2D eigenvalue weighted by Crippen LogP contribution is 2.34. The Kier molecular flexibility index (Phi) is 5.38. The molecule has 24 heavy (non-hydrogen) atoms. The number of alkyl halides is 3. The van der Waals surface area contributed by atoms with Crippen LogP contribution >= 0.6 is 0 Å². The first kappa shape index (κ1) is 18.5. The average molecular weight is 365 g/mol. The van der Waals surface area contributed by atoms with E-state index in [0.717, 1.165) is 31.2 Å². The molecule has 0 radical (unpaired) electrons. The first-order valence-corrected chi connectivity index (χ1v) is 9.13. The second-order valence-corrected chi connectivity index (χ2v) is 7.50. The summed E-state index contributed by atoms with van der Waals surface area (Å²) in [5.74, 6) is 0.000319. The van der Waals surface area contributed by atoms with E-state index in [0.29, 0.717) is 18.5 Å². The van der Waals surface area contributed by atoms with E-state index in [1.54, 1.807) is 0 Å². The third-order valence-corrected chi connectivity index (χ3v) is 3.92. The van der Waals surface area contributed by atoms with Crippen LogP contribution in [0.1, 0.15) is 18.4 Å². The Hall–Kier alpha value is -1.81. The summed E-state index contributed by atoms with van der Waals surface area (Å²) in [4.78, 5) is 11.9. The number of nitrogens with one attached hydrogen (secondary N) is 3. The van der Waals surface area contributed by atoms with Crippen molar-refractivity contribution in [3.8, 4) is 0 Å². The maximum atomic E-state index is 12.8. The number of benzene rings is 1. The highest BCUT2D eigenvalue weighted by Gasteiger charge is 2.31. The third kappa shape index (κ3) is 6.00. The summed E-state index contributed by atoms with van der Waals surface area (Å²) in [5.41, 5.74) is -1.35. The van der Waals surface area contributed by atoms with Crippen LogP contribution in [-0.4, -0.2) is 33.7 Å². The second-order valence-electron chi connectivity index (χ2n) is 5.75. The van der Waals surface area contributed by atoms with Crippen LogP contribution in [0.3, 0.4) is 0 Å². The average Bonchev–Trinajstić information content (AvgIpc) is 3.22. The summed E-state index contributed by atoms with van der Waals surface area (Å²) in [5, 5.41) is 5.22. The topological polar surface area (TPSA) is 87.3 Å². The van der Waals surface area contributed by atoms with Crippen molar-refractivity contribution in [3.05, 3.63) is 23.8 Å². The van der Waals surface area contributed by atoms with E-state index in [4.69, 9.17) is 0 Å². The van der Waals surface area contributed by atoms with E-state index in [9.17, 15) is 26.4 Å². The molecule has 1 amide bonds. The molecule has 0 bridgehead atoms. The lowest BCUT2D eigenvalue weighted by atomic mass is 10.1. The molecule has 1 fully saturated rings. The van der Waals surface area contributed by atoms with Crippen molar-refractivity contribution in [2.24, 2.45) is 5.92 Å². The molecule has 1 aliphatic rings. The van der Waals surface area contributed by atoms with Gasteiger partial charge in [-0.15, -0.1) is 0 Å². The molecule has 3 N–H and O–H groups in total. The van der Waals surface area contributed by atoms with Gasteiger partial charge in [-0.3, -0.25) is 9.52 Å². The van der Waals surface area contributed by atoms with E-state index >= 15 is 0 Å². The Morgan fingerprint density at radius 1 is 1.25 bits per heavy atom. The van der Waals surface area contributed by atoms with E-state index in [1.807, 2.05) is 0 Å². The van der Waals surface area contributed by atoms with Gasteiger partial charge in [-0.05, 0) is 43.5 Å². The van der Waals surface area contributed by atoms with Crippen molar-refractivity contribution < 1.29 is 26.4 Å². The number of anilines is 2. The Morgan fingerprint density at radius 2 is 1.92 bits per heavy atom. The molecule has 0 unspecified atom stereocenters. The smallest absolute Gasteiger partial charge is 0.323 e. The van der Waals surface area contributed by atoms with E-state index in [1.165, 1.54) is 0 Å². The van der Waals surface area contributed by atoms with Crippen molar-refractivity contribution >= 4 is 27.3 Å². The van der Waals surface area contributed by atoms with Crippen molar-refractivity contribution in [3.63, 3.8) is 0 Å². The summed E-state index contributed by atoms with van der Waals surface area (Å²) < 4.78 is 63.1. The molecule has 0 heterocycles. The minimum Gasteiger partial charge on any atom is -0.323 e. The molecule has 0 spiro atoms. The van der Waals surface area contributed by atoms with Crippen molar-refractivity contribution in [1.82, 2.24) is 5.32 Å². The quantitative estimate of drug-likeness (QED) is 0.690. The van der Waals surface area contributed by atoms with E-state index in [-0.39, 0.29) is 17.9 Å². The van der Waals surface area contributed by atoms with Gasteiger partial charge in [-0.2, -0.15) is 13.2 Å². The molecule has 1 aliphatic carbocycles. The lowest BCUT2D eigenvalue weighted by molar-refractivity contribution is -0.137. The summed E-state index contributed by atoms with van der Waals surface area (Å²) in [7, 11) is -3.70. The SMILES string of the molecule is CS(=O)(=O)Nc1ccc(C(F)(F)F)cc1NC(=O)CNCC1CC1. The zero-order valence-electron chi connectivity index (χ0n) is 12.9. The van der Waals surface area contributed by atoms with Crippen LogP contribution in [-0.2, 0) is 21.0 Å². The number of amides is 1. The van der Waals surface area contributed by atoms with Gasteiger partial charge in [0.15, 0.2) is 0 Å². The second kappa shape index (κ2) is 6.98. The maximum absolute atomic E-state index is 12.8.